The molecule has 0 spiro atoms. The van der Waals surface area contributed by atoms with Gasteiger partial charge in [-0.2, -0.15) is 0 Å². The predicted octanol–water partition coefficient (Wildman–Crippen LogP) is 1.97. The number of likely N-dealkylation sites (N-methyl/N-ethyl adjacent to an activating group) is 1. The van der Waals surface area contributed by atoms with Crippen molar-refractivity contribution in [1.82, 2.24) is 9.80 Å². The summed E-state index contributed by atoms with van der Waals surface area (Å²) in [5.41, 5.74) is 0.619. The van der Waals surface area contributed by atoms with Crippen LogP contribution < -0.4 is 9.47 Å². The molecule has 1 aromatic rings. The van der Waals surface area contributed by atoms with Crippen LogP contribution in [0.5, 0.6) is 11.5 Å². The molecule has 6 nitrogen and oxygen atoms in total. The first-order chi connectivity index (χ1) is 12.2. The Morgan fingerprint density at radius 1 is 1.00 bits per heavy atom. The predicted molar refractivity (Wildman–Crippen MR) is 94.3 cm³/mol. The number of amides is 1. The summed E-state index contributed by atoms with van der Waals surface area (Å²) in [6, 6.07) is 5.28. The van der Waals surface area contributed by atoms with Crippen LogP contribution in [0, 0.1) is 0 Å². The number of Topliss-reactive ketones (excluding diaryl/α,β-unsaturated/α-hetero) is 1. The number of ketones is 1. The zero-order valence-corrected chi connectivity index (χ0v) is 14.8. The molecule has 25 heavy (non-hydrogen) atoms. The number of benzene rings is 1. The quantitative estimate of drug-likeness (QED) is 0.737. The van der Waals surface area contributed by atoms with E-state index >= 15 is 0 Å². The third-order valence-corrected chi connectivity index (χ3v) is 4.83. The van der Waals surface area contributed by atoms with Gasteiger partial charge in [-0.1, -0.05) is 6.92 Å². The van der Waals surface area contributed by atoms with Crippen LogP contribution >= 0.6 is 0 Å². The minimum absolute atomic E-state index is 0.0422. The fourth-order valence-corrected chi connectivity index (χ4v) is 3.23. The van der Waals surface area contributed by atoms with Gasteiger partial charge < -0.3 is 19.3 Å². The Morgan fingerprint density at radius 2 is 1.72 bits per heavy atom. The van der Waals surface area contributed by atoms with Gasteiger partial charge in [-0.3, -0.25) is 9.59 Å². The second kappa shape index (κ2) is 8.34. The summed E-state index contributed by atoms with van der Waals surface area (Å²) in [6.07, 6.45) is 1.39. The molecular formula is C19H26N2O4. The van der Waals surface area contributed by atoms with E-state index in [4.69, 9.17) is 9.47 Å². The highest BCUT2D eigenvalue weighted by Gasteiger charge is 2.20. The molecule has 1 saturated heterocycles. The number of carbonyl (C=O) groups is 2. The van der Waals surface area contributed by atoms with Crippen molar-refractivity contribution in [2.24, 2.45) is 0 Å². The largest absolute Gasteiger partial charge is 0.486 e. The van der Waals surface area contributed by atoms with Crippen molar-refractivity contribution < 1.29 is 19.1 Å². The van der Waals surface area contributed by atoms with E-state index in [1.165, 1.54) is 0 Å². The third-order valence-electron chi connectivity index (χ3n) is 4.83. The van der Waals surface area contributed by atoms with Crippen molar-refractivity contribution in [2.45, 2.75) is 26.2 Å². The summed E-state index contributed by atoms with van der Waals surface area (Å²) in [5.74, 6) is 1.51. The highest BCUT2D eigenvalue weighted by Crippen LogP contribution is 2.31. The minimum atomic E-state index is 0.0422. The molecule has 0 atom stereocenters. The Balaban J connectivity index is 1.44. The van der Waals surface area contributed by atoms with E-state index in [1.807, 2.05) is 4.90 Å². The molecule has 6 heteroatoms. The Morgan fingerprint density at radius 3 is 2.44 bits per heavy atom. The number of nitrogens with zero attached hydrogens (tertiary/aromatic N) is 2. The summed E-state index contributed by atoms with van der Waals surface area (Å²) in [4.78, 5) is 28.9. The molecule has 0 aromatic heterocycles. The Labute approximate surface area is 148 Å². The molecule has 0 N–H and O–H groups in total. The van der Waals surface area contributed by atoms with Crippen LogP contribution in [0.2, 0.25) is 0 Å². The number of rotatable bonds is 6. The lowest BCUT2D eigenvalue weighted by Crippen LogP contribution is -2.48. The first kappa shape index (κ1) is 17.7. The van der Waals surface area contributed by atoms with Crippen LogP contribution in [-0.4, -0.2) is 67.4 Å². The van der Waals surface area contributed by atoms with Gasteiger partial charge in [0.05, 0.1) is 0 Å². The molecular weight excluding hydrogens is 320 g/mol. The summed E-state index contributed by atoms with van der Waals surface area (Å²) in [7, 11) is 0. The minimum Gasteiger partial charge on any atom is -0.486 e. The SMILES string of the molecule is CCN1CCN(C(=O)CCCC(=O)c2ccc3c(c2)OCCO3)CC1. The average molecular weight is 346 g/mol. The van der Waals surface area contributed by atoms with Crippen molar-refractivity contribution >= 4 is 11.7 Å². The van der Waals surface area contributed by atoms with Gasteiger partial charge >= 0.3 is 0 Å². The van der Waals surface area contributed by atoms with Gasteiger partial charge in [0, 0.05) is 44.6 Å². The van der Waals surface area contributed by atoms with E-state index < -0.39 is 0 Å². The fraction of sp³-hybridized carbons (Fsp3) is 0.579. The third kappa shape index (κ3) is 4.51. The van der Waals surface area contributed by atoms with Crippen LogP contribution in [0.4, 0.5) is 0 Å². The zero-order valence-electron chi connectivity index (χ0n) is 14.8. The normalized spacial score (nSPS) is 17.4. The Hall–Kier alpha value is -2.08. The maximum absolute atomic E-state index is 12.3. The van der Waals surface area contributed by atoms with E-state index in [-0.39, 0.29) is 11.7 Å². The van der Waals surface area contributed by atoms with Gasteiger partial charge in [0.1, 0.15) is 13.2 Å². The molecule has 2 heterocycles. The summed E-state index contributed by atoms with van der Waals surface area (Å²) in [6.45, 7) is 7.69. The molecule has 136 valence electrons. The highest BCUT2D eigenvalue weighted by atomic mass is 16.6. The molecule has 0 radical (unpaired) electrons. The number of fused-ring (bicyclic) bond motifs is 1. The van der Waals surface area contributed by atoms with E-state index in [0.717, 1.165) is 32.7 Å². The Kier molecular flexibility index (Phi) is 5.91. The van der Waals surface area contributed by atoms with Crippen LogP contribution in [0.25, 0.3) is 0 Å². The van der Waals surface area contributed by atoms with Gasteiger partial charge in [0.2, 0.25) is 5.91 Å². The van der Waals surface area contributed by atoms with Crippen molar-refractivity contribution in [1.29, 1.82) is 0 Å². The molecule has 3 rings (SSSR count). The van der Waals surface area contributed by atoms with E-state index in [1.54, 1.807) is 18.2 Å². The van der Waals surface area contributed by atoms with Crippen LogP contribution in [0.1, 0.15) is 36.5 Å². The lowest BCUT2D eigenvalue weighted by atomic mass is 10.0. The average Bonchev–Trinajstić information content (AvgIpc) is 2.67. The molecule has 0 saturated carbocycles. The molecule has 1 fully saturated rings. The molecule has 0 bridgehead atoms. The lowest BCUT2D eigenvalue weighted by Gasteiger charge is -2.34. The molecule has 2 aliphatic heterocycles. The summed E-state index contributed by atoms with van der Waals surface area (Å²) in [5, 5.41) is 0. The van der Waals surface area contributed by atoms with Crippen LogP contribution in [0.15, 0.2) is 18.2 Å². The van der Waals surface area contributed by atoms with Gasteiger partial charge in [0.25, 0.3) is 0 Å². The van der Waals surface area contributed by atoms with Crippen molar-refractivity contribution in [3.63, 3.8) is 0 Å². The van der Waals surface area contributed by atoms with Gasteiger partial charge in [0.15, 0.2) is 17.3 Å². The van der Waals surface area contributed by atoms with Crippen molar-refractivity contribution in [3.05, 3.63) is 23.8 Å². The molecule has 1 aromatic carbocycles. The monoisotopic (exact) mass is 346 g/mol. The maximum atomic E-state index is 12.3. The van der Waals surface area contributed by atoms with Crippen molar-refractivity contribution in [2.75, 3.05) is 45.9 Å². The van der Waals surface area contributed by atoms with E-state index in [9.17, 15) is 9.59 Å². The summed E-state index contributed by atoms with van der Waals surface area (Å²) >= 11 is 0. The summed E-state index contributed by atoms with van der Waals surface area (Å²) < 4.78 is 11.0. The number of ether oxygens (including phenoxy) is 2. The standard InChI is InChI=1S/C19H26N2O4/c1-2-20-8-10-21(11-9-20)19(23)5-3-4-16(22)15-6-7-17-18(14-15)25-13-12-24-17/h6-7,14H,2-5,8-13H2,1H3. The molecule has 1 amide bonds. The second-order valence-electron chi connectivity index (χ2n) is 6.45. The van der Waals surface area contributed by atoms with Gasteiger partial charge in [-0.15, -0.1) is 0 Å². The maximum Gasteiger partial charge on any atom is 0.222 e. The van der Waals surface area contributed by atoms with Crippen LogP contribution in [-0.2, 0) is 4.79 Å². The molecule has 2 aliphatic rings. The first-order valence-electron chi connectivity index (χ1n) is 9.10. The van der Waals surface area contributed by atoms with Crippen molar-refractivity contribution in [3.8, 4) is 11.5 Å². The number of piperazine rings is 1. The smallest absolute Gasteiger partial charge is 0.222 e. The second-order valence-corrected chi connectivity index (χ2v) is 6.45. The van der Waals surface area contributed by atoms with E-state index in [0.29, 0.717) is 49.5 Å². The first-order valence-corrected chi connectivity index (χ1v) is 9.10. The zero-order chi connectivity index (χ0) is 17.6. The topological polar surface area (TPSA) is 59.1 Å². The Bertz CT molecular complexity index is 624. The molecule has 0 aliphatic carbocycles. The van der Waals surface area contributed by atoms with Gasteiger partial charge in [-0.25, -0.2) is 0 Å². The number of carbonyl (C=O) groups excluding carboxylic acids is 2. The van der Waals surface area contributed by atoms with E-state index in [2.05, 4.69) is 11.8 Å². The fourth-order valence-electron chi connectivity index (χ4n) is 3.23. The van der Waals surface area contributed by atoms with Crippen LogP contribution in [0.3, 0.4) is 0 Å². The number of hydrogen-bond donors (Lipinski definition) is 0. The number of hydrogen-bond acceptors (Lipinski definition) is 5. The highest BCUT2D eigenvalue weighted by molar-refractivity contribution is 5.96. The lowest BCUT2D eigenvalue weighted by molar-refractivity contribution is -0.133. The molecule has 0 unspecified atom stereocenters. The van der Waals surface area contributed by atoms with Gasteiger partial charge in [-0.05, 0) is 31.2 Å².